The molecule has 4 nitrogen and oxygen atoms in total. The Morgan fingerprint density at radius 2 is 2.55 bits per heavy atom. The van der Waals surface area contributed by atoms with Crippen LogP contribution in [0.2, 0.25) is 0 Å². The van der Waals surface area contributed by atoms with Crippen LogP contribution in [0, 0.1) is 0 Å². The minimum absolute atomic E-state index is 0.0405. The van der Waals surface area contributed by atoms with Crippen molar-refractivity contribution in [2.45, 2.75) is 32.5 Å². The number of amides is 1. The Labute approximate surface area is 65.7 Å². The van der Waals surface area contributed by atoms with Gasteiger partial charge in [0.2, 0.25) is 5.91 Å². The lowest BCUT2D eigenvalue weighted by atomic mass is 10.3. The molecular formula is C7H13NO3. The second kappa shape index (κ2) is 3.19. The van der Waals surface area contributed by atoms with Crippen LogP contribution in [0.3, 0.4) is 0 Å². The molecule has 0 aromatic rings. The number of nitrogens with zero attached hydrogens (tertiary/aromatic N) is 1. The summed E-state index contributed by atoms with van der Waals surface area (Å²) in [5, 5.41) is 10.2. The predicted molar refractivity (Wildman–Crippen MR) is 38.6 cm³/mol. The molecule has 0 aliphatic carbocycles. The lowest BCUT2D eigenvalue weighted by Gasteiger charge is -2.16. The second-order valence-corrected chi connectivity index (χ2v) is 2.92. The highest BCUT2D eigenvalue weighted by atomic mass is 16.7. The third-order valence-electron chi connectivity index (χ3n) is 1.48. The molecule has 0 saturated carbocycles. The van der Waals surface area contributed by atoms with Gasteiger partial charge in [-0.05, 0) is 13.8 Å². The highest BCUT2D eigenvalue weighted by molar-refractivity contribution is 5.77. The van der Waals surface area contributed by atoms with Gasteiger partial charge in [-0.3, -0.25) is 9.63 Å². The first kappa shape index (κ1) is 8.49. The Balaban J connectivity index is 2.41. The topological polar surface area (TPSA) is 49.8 Å². The van der Waals surface area contributed by atoms with Gasteiger partial charge in [0.25, 0.3) is 0 Å². The lowest BCUT2D eigenvalue weighted by Crippen LogP contribution is -2.31. The molecule has 64 valence electrons. The monoisotopic (exact) mass is 159 g/mol. The number of aliphatic hydroxyl groups is 1. The van der Waals surface area contributed by atoms with Gasteiger partial charge in [-0.25, -0.2) is 5.06 Å². The molecule has 0 spiro atoms. The van der Waals surface area contributed by atoms with Crippen molar-refractivity contribution in [2.24, 2.45) is 0 Å². The summed E-state index contributed by atoms with van der Waals surface area (Å²) >= 11 is 0. The molecular weight excluding hydrogens is 146 g/mol. The minimum atomic E-state index is -0.524. The van der Waals surface area contributed by atoms with Gasteiger partial charge in [0, 0.05) is 0 Å². The molecule has 4 heteroatoms. The highest BCUT2D eigenvalue weighted by Crippen LogP contribution is 2.14. The first-order valence-electron chi connectivity index (χ1n) is 3.75. The van der Waals surface area contributed by atoms with Crippen molar-refractivity contribution in [2.75, 3.05) is 6.54 Å². The fraction of sp³-hybridized carbons (Fsp3) is 0.857. The third-order valence-corrected chi connectivity index (χ3v) is 1.48. The van der Waals surface area contributed by atoms with Crippen LogP contribution in [0.4, 0.5) is 0 Å². The van der Waals surface area contributed by atoms with E-state index in [0.717, 1.165) is 0 Å². The van der Waals surface area contributed by atoms with E-state index in [4.69, 9.17) is 9.94 Å². The number of carbonyl (C=O) groups excluding carboxylic acids is 1. The molecule has 1 aliphatic heterocycles. The molecule has 0 aromatic carbocycles. The number of β-amino-alcohol motifs (C(OH)–C–C–N with tert-alkyl or cyclic N) is 1. The van der Waals surface area contributed by atoms with Crippen molar-refractivity contribution in [3.8, 4) is 0 Å². The number of hydroxylamine groups is 2. The van der Waals surface area contributed by atoms with Crippen molar-refractivity contribution in [3.05, 3.63) is 0 Å². The average Bonchev–Trinajstić information content (AvgIpc) is 2.09. The average molecular weight is 159 g/mol. The summed E-state index contributed by atoms with van der Waals surface area (Å²) < 4.78 is 0. The Morgan fingerprint density at radius 1 is 1.91 bits per heavy atom. The molecule has 1 N–H and O–H groups in total. The first-order valence-corrected chi connectivity index (χ1v) is 3.75. The molecule has 1 heterocycles. The summed E-state index contributed by atoms with van der Waals surface area (Å²) in [4.78, 5) is 16.1. The molecule has 0 radical (unpaired) electrons. The Bertz CT molecular complexity index is 158. The number of hydrogen-bond acceptors (Lipinski definition) is 3. The Hall–Kier alpha value is -0.610. The molecule has 1 rings (SSSR count). The van der Waals surface area contributed by atoms with Gasteiger partial charge in [0.1, 0.15) is 0 Å². The number of hydrogen-bond donors (Lipinski definition) is 1. The van der Waals surface area contributed by atoms with Crippen molar-refractivity contribution < 1.29 is 14.7 Å². The zero-order valence-electron chi connectivity index (χ0n) is 6.78. The quantitative estimate of drug-likeness (QED) is 0.613. The summed E-state index contributed by atoms with van der Waals surface area (Å²) in [6, 6.07) is 0. The van der Waals surface area contributed by atoms with Crippen LogP contribution < -0.4 is 0 Å². The molecule has 2 unspecified atom stereocenters. The maximum Gasteiger partial charge on any atom is 0.248 e. The van der Waals surface area contributed by atoms with E-state index in [9.17, 15) is 4.79 Å². The van der Waals surface area contributed by atoms with Crippen LogP contribution in [0.5, 0.6) is 0 Å². The molecule has 0 aromatic heterocycles. The fourth-order valence-corrected chi connectivity index (χ4v) is 1.05. The van der Waals surface area contributed by atoms with Crippen molar-refractivity contribution in [3.63, 3.8) is 0 Å². The van der Waals surface area contributed by atoms with Crippen LogP contribution in [-0.4, -0.2) is 34.8 Å². The van der Waals surface area contributed by atoms with Gasteiger partial charge in [-0.15, -0.1) is 0 Å². The lowest BCUT2D eigenvalue weighted by molar-refractivity contribution is -0.177. The van der Waals surface area contributed by atoms with Gasteiger partial charge in [-0.1, -0.05) is 0 Å². The van der Waals surface area contributed by atoms with Gasteiger partial charge >= 0.3 is 0 Å². The van der Waals surface area contributed by atoms with E-state index in [1.807, 2.05) is 6.92 Å². The van der Waals surface area contributed by atoms with E-state index in [-0.39, 0.29) is 18.6 Å². The highest BCUT2D eigenvalue weighted by Gasteiger charge is 2.28. The van der Waals surface area contributed by atoms with E-state index in [1.54, 1.807) is 6.92 Å². The van der Waals surface area contributed by atoms with Crippen LogP contribution in [0.25, 0.3) is 0 Å². The van der Waals surface area contributed by atoms with Gasteiger partial charge in [0.05, 0.1) is 25.2 Å². The summed E-state index contributed by atoms with van der Waals surface area (Å²) in [7, 11) is 0. The molecule has 2 atom stereocenters. The molecule has 11 heavy (non-hydrogen) atoms. The summed E-state index contributed by atoms with van der Waals surface area (Å²) in [6.45, 7) is 3.72. The maximum absolute atomic E-state index is 11.0. The zero-order chi connectivity index (χ0) is 8.43. The number of rotatable bonds is 2. The van der Waals surface area contributed by atoms with Gasteiger partial charge < -0.3 is 5.11 Å². The van der Waals surface area contributed by atoms with Crippen LogP contribution >= 0.6 is 0 Å². The summed E-state index contributed by atoms with van der Waals surface area (Å²) in [5.74, 6) is -0.0431. The van der Waals surface area contributed by atoms with Crippen LogP contribution in [0.15, 0.2) is 0 Å². The molecule has 1 saturated heterocycles. The predicted octanol–water partition coefficient (Wildman–Crippen LogP) is -0.0804. The van der Waals surface area contributed by atoms with Gasteiger partial charge in [-0.2, -0.15) is 0 Å². The van der Waals surface area contributed by atoms with Gasteiger partial charge in [0.15, 0.2) is 0 Å². The van der Waals surface area contributed by atoms with Crippen molar-refractivity contribution in [1.29, 1.82) is 0 Å². The molecule has 1 aliphatic rings. The molecule has 1 amide bonds. The van der Waals surface area contributed by atoms with Crippen LogP contribution in [0.1, 0.15) is 20.3 Å². The number of aliphatic hydroxyl groups excluding tert-OH is 1. The van der Waals surface area contributed by atoms with Crippen molar-refractivity contribution >= 4 is 5.91 Å². The van der Waals surface area contributed by atoms with Crippen molar-refractivity contribution in [1.82, 2.24) is 5.06 Å². The summed E-state index contributed by atoms with van der Waals surface area (Å²) in [6.07, 6.45) is -0.141. The van der Waals surface area contributed by atoms with E-state index in [2.05, 4.69) is 0 Å². The zero-order valence-corrected chi connectivity index (χ0v) is 6.78. The molecule has 0 bridgehead atoms. The first-order chi connectivity index (χ1) is 5.09. The maximum atomic E-state index is 11.0. The minimum Gasteiger partial charge on any atom is -0.391 e. The SMILES string of the molecule is CC(O)CN1OC(C)CC1=O. The fourth-order valence-electron chi connectivity index (χ4n) is 1.05. The standard InChI is InChI=1S/C7H13NO3/c1-5(9)4-8-7(10)3-6(2)11-8/h5-6,9H,3-4H2,1-2H3. The second-order valence-electron chi connectivity index (χ2n) is 2.92. The van der Waals surface area contributed by atoms with Crippen LogP contribution in [-0.2, 0) is 9.63 Å². The van der Waals surface area contributed by atoms with E-state index in [0.29, 0.717) is 6.42 Å². The largest absolute Gasteiger partial charge is 0.391 e. The molecule has 1 fully saturated rings. The van der Waals surface area contributed by atoms with E-state index < -0.39 is 6.10 Å². The smallest absolute Gasteiger partial charge is 0.248 e. The Kier molecular flexibility index (Phi) is 2.46. The van der Waals surface area contributed by atoms with E-state index in [1.165, 1.54) is 5.06 Å². The number of carbonyl (C=O) groups is 1. The summed E-state index contributed by atoms with van der Waals surface area (Å²) in [5.41, 5.74) is 0. The normalized spacial score (nSPS) is 27.7. The van der Waals surface area contributed by atoms with E-state index >= 15 is 0 Å². The third kappa shape index (κ3) is 2.17. The Morgan fingerprint density at radius 3 is 2.91 bits per heavy atom.